The fourth-order valence-electron chi connectivity index (χ4n) is 3.86. The second-order valence-corrected chi connectivity index (χ2v) is 7.43. The molecule has 1 aliphatic heterocycles. The Morgan fingerprint density at radius 1 is 1.04 bits per heavy atom. The molecule has 2 N–H and O–H groups in total. The van der Waals surface area contributed by atoms with Crippen molar-refractivity contribution in [1.82, 2.24) is 15.5 Å². The molecule has 0 unspecified atom stereocenters. The molecule has 0 amide bonds. The van der Waals surface area contributed by atoms with Crippen LogP contribution in [0.15, 0.2) is 30.3 Å². The lowest BCUT2D eigenvalue weighted by Crippen LogP contribution is -2.47. The van der Waals surface area contributed by atoms with Gasteiger partial charge >= 0.3 is 0 Å². The molecule has 0 aromatic heterocycles. The molecule has 1 heterocycles. The largest absolute Gasteiger partial charge is 0.360 e. The Labute approximate surface area is 145 Å². The van der Waals surface area contributed by atoms with Gasteiger partial charge in [0.2, 0.25) is 0 Å². The van der Waals surface area contributed by atoms with E-state index < -0.39 is 0 Å². The van der Waals surface area contributed by atoms with Gasteiger partial charge in [0.25, 0.3) is 0 Å². The van der Waals surface area contributed by atoms with Crippen molar-refractivity contribution in [2.24, 2.45) is 0 Å². The third kappa shape index (κ3) is 4.67. The van der Waals surface area contributed by atoms with E-state index in [1.54, 1.807) is 0 Å². The second-order valence-electron chi connectivity index (χ2n) is 7.02. The zero-order valence-electron chi connectivity index (χ0n) is 14.1. The highest BCUT2D eigenvalue weighted by atomic mass is 32.1. The first-order valence-corrected chi connectivity index (χ1v) is 9.49. The van der Waals surface area contributed by atoms with Crippen LogP contribution in [0.4, 0.5) is 0 Å². The van der Waals surface area contributed by atoms with Crippen LogP contribution in [0.2, 0.25) is 0 Å². The number of nitrogens with zero attached hydrogens (tertiary/aromatic N) is 1. The summed E-state index contributed by atoms with van der Waals surface area (Å²) in [4.78, 5) is 2.55. The summed E-state index contributed by atoms with van der Waals surface area (Å²) in [6, 6.07) is 12.3. The molecule has 1 aromatic carbocycles. The van der Waals surface area contributed by atoms with Gasteiger partial charge in [-0.2, -0.15) is 0 Å². The molecule has 1 saturated carbocycles. The van der Waals surface area contributed by atoms with Crippen molar-refractivity contribution < 1.29 is 0 Å². The number of thiocarbonyl (C=S) groups is 1. The lowest BCUT2D eigenvalue weighted by molar-refractivity contribution is 0.258. The number of rotatable bonds is 4. The zero-order chi connectivity index (χ0) is 16.1. The van der Waals surface area contributed by atoms with E-state index in [9.17, 15) is 0 Å². The number of nitrogens with one attached hydrogen (secondary N) is 2. The van der Waals surface area contributed by atoms with Crippen LogP contribution in [0.25, 0.3) is 0 Å². The van der Waals surface area contributed by atoms with E-state index in [0.29, 0.717) is 18.1 Å². The van der Waals surface area contributed by atoms with Gasteiger partial charge in [0.15, 0.2) is 5.11 Å². The van der Waals surface area contributed by atoms with Gasteiger partial charge in [-0.3, -0.25) is 4.90 Å². The predicted octanol–water partition coefficient (Wildman–Crippen LogP) is 3.62. The molecule has 2 atom stereocenters. The van der Waals surface area contributed by atoms with E-state index in [1.807, 2.05) is 0 Å². The molecule has 23 heavy (non-hydrogen) atoms. The van der Waals surface area contributed by atoms with Crippen molar-refractivity contribution >= 4 is 17.3 Å². The first-order chi connectivity index (χ1) is 11.2. The first kappa shape index (κ1) is 16.7. The Morgan fingerprint density at radius 2 is 1.74 bits per heavy atom. The van der Waals surface area contributed by atoms with Crippen molar-refractivity contribution in [3.63, 3.8) is 0 Å². The third-order valence-corrected chi connectivity index (χ3v) is 5.56. The van der Waals surface area contributed by atoms with Crippen LogP contribution in [0.3, 0.4) is 0 Å². The minimum atomic E-state index is 0.475. The summed E-state index contributed by atoms with van der Waals surface area (Å²) < 4.78 is 0. The smallest absolute Gasteiger partial charge is 0.166 e. The minimum absolute atomic E-state index is 0.475. The van der Waals surface area contributed by atoms with E-state index in [1.165, 1.54) is 44.1 Å². The highest BCUT2D eigenvalue weighted by Crippen LogP contribution is 2.24. The number of benzene rings is 1. The van der Waals surface area contributed by atoms with Gasteiger partial charge < -0.3 is 10.6 Å². The molecule has 3 rings (SSSR count). The van der Waals surface area contributed by atoms with Gasteiger partial charge in [0, 0.05) is 31.2 Å². The normalized spacial score (nSPS) is 24.3. The molecule has 4 heteroatoms. The topological polar surface area (TPSA) is 27.3 Å². The highest BCUT2D eigenvalue weighted by Gasteiger charge is 2.27. The van der Waals surface area contributed by atoms with Crippen LogP contribution >= 0.6 is 12.2 Å². The molecule has 1 aliphatic carbocycles. The molecule has 2 fully saturated rings. The first-order valence-electron chi connectivity index (χ1n) is 9.08. The summed E-state index contributed by atoms with van der Waals surface area (Å²) >= 11 is 5.53. The van der Waals surface area contributed by atoms with Gasteiger partial charge in [-0.05, 0) is 44.0 Å². The molecule has 0 spiro atoms. The molecule has 3 nitrogen and oxygen atoms in total. The molecule has 0 radical (unpaired) electrons. The van der Waals surface area contributed by atoms with Crippen molar-refractivity contribution in [3.05, 3.63) is 35.9 Å². The van der Waals surface area contributed by atoms with Crippen LogP contribution in [-0.2, 0) is 0 Å². The van der Waals surface area contributed by atoms with Crippen molar-refractivity contribution in [2.75, 3.05) is 13.1 Å². The fraction of sp³-hybridized carbons (Fsp3) is 0.632. The maximum absolute atomic E-state index is 5.53. The van der Waals surface area contributed by atoms with Crippen molar-refractivity contribution in [3.8, 4) is 0 Å². The SMILES string of the molecule is C[C@H](c1ccccc1)N1CC[C@@H](NC(=S)NC2CCCCC2)C1. The number of hydrogen-bond acceptors (Lipinski definition) is 2. The molecule has 126 valence electrons. The Bertz CT molecular complexity index is 499. The molecule has 2 aliphatic rings. The minimum Gasteiger partial charge on any atom is -0.360 e. The molecule has 1 saturated heterocycles. The Balaban J connectivity index is 1.45. The van der Waals surface area contributed by atoms with Gasteiger partial charge in [0.1, 0.15) is 0 Å². The fourth-order valence-corrected chi connectivity index (χ4v) is 4.19. The maximum atomic E-state index is 5.53. The predicted molar refractivity (Wildman–Crippen MR) is 101 cm³/mol. The van der Waals surface area contributed by atoms with Gasteiger partial charge in [-0.1, -0.05) is 49.6 Å². The summed E-state index contributed by atoms with van der Waals surface area (Å²) in [5.41, 5.74) is 1.40. The molecular weight excluding hydrogens is 302 g/mol. The van der Waals surface area contributed by atoms with Gasteiger partial charge in [-0.15, -0.1) is 0 Å². The lowest BCUT2D eigenvalue weighted by Gasteiger charge is -2.27. The average Bonchev–Trinajstić information content (AvgIpc) is 3.04. The Morgan fingerprint density at radius 3 is 2.48 bits per heavy atom. The zero-order valence-corrected chi connectivity index (χ0v) is 14.9. The summed E-state index contributed by atoms with van der Waals surface area (Å²) in [6.07, 6.45) is 7.77. The number of likely N-dealkylation sites (tertiary alicyclic amines) is 1. The average molecular weight is 332 g/mol. The number of hydrogen-bond donors (Lipinski definition) is 2. The monoisotopic (exact) mass is 331 g/mol. The van der Waals surface area contributed by atoms with Crippen LogP contribution in [0.1, 0.15) is 57.1 Å². The molecule has 0 bridgehead atoms. The third-order valence-electron chi connectivity index (χ3n) is 5.32. The standard InChI is InChI=1S/C19H29N3S/c1-15(16-8-4-2-5-9-16)22-13-12-18(14-22)21-19(23)20-17-10-6-3-7-11-17/h2,4-5,8-9,15,17-18H,3,6-7,10-14H2,1H3,(H2,20,21,23)/t15-,18-/m1/s1. The van der Waals surface area contributed by atoms with E-state index in [4.69, 9.17) is 12.2 Å². The van der Waals surface area contributed by atoms with Gasteiger partial charge in [-0.25, -0.2) is 0 Å². The second kappa shape index (κ2) is 8.11. The summed E-state index contributed by atoms with van der Waals surface area (Å²) in [5, 5.41) is 7.92. The molecule has 1 aromatic rings. The highest BCUT2D eigenvalue weighted by molar-refractivity contribution is 7.80. The van der Waals surface area contributed by atoms with Crippen LogP contribution in [-0.4, -0.2) is 35.2 Å². The van der Waals surface area contributed by atoms with Crippen LogP contribution in [0.5, 0.6) is 0 Å². The van der Waals surface area contributed by atoms with E-state index in [0.717, 1.165) is 18.2 Å². The maximum Gasteiger partial charge on any atom is 0.166 e. The van der Waals surface area contributed by atoms with Crippen LogP contribution < -0.4 is 10.6 Å². The van der Waals surface area contributed by atoms with Crippen molar-refractivity contribution in [2.45, 2.75) is 63.6 Å². The van der Waals surface area contributed by atoms with Gasteiger partial charge in [0.05, 0.1) is 0 Å². The van der Waals surface area contributed by atoms with E-state index in [2.05, 4.69) is 52.8 Å². The van der Waals surface area contributed by atoms with E-state index in [-0.39, 0.29) is 0 Å². The summed E-state index contributed by atoms with van der Waals surface area (Å²) in [7, 11) is 0. The quantitative estimate of drug-likeness (QED) is 0.824. The summed E-state index contributed by atoms with van der Waals surface area (Å²) in [6.45, 7) is 4.51. The van der Waals surface area contributed by atoms with Crippen molar-refractivity contribution in [1.29, 1.82) is 0 Å². The molecular formula is C19H29N3S. The van der Waals surface area contributed by atoms with Crippen LogP contribution in [0, 0.1) is 0 Å². The Hall–Kier alpha value is -1.13. The van der Waals surface area contributed by atoms with E-state index >= 15 is 0 Å². The lowest BCUT2D eigenvalue weighted by atomic mass is 9.96. The summed E-state index contributed by atoms with van der Waals surface area (Å²) in [5.74, 6) is 0. The Kier molecular flexibility index (Phi) is 5.90.